The number of hydrogen-bond acceptors (Lipinski definition) is 1. The first-order chi connectivity index (χ1) is 2.77. The highest BCUT2D eigenvalue weighted by Crippen LogP contribution is 1.56. The third-order valence-electron chi connectivity index (χ3n) is 0.164. The maximum Gasteiger partial charge on any atom is -0.000324 e. The topological polar surface area (TPSA) is 0 Å². The summed E-state index contributed by atoms with van der Waals surface area (Å²) >= 11 is 4.61. The van der Waals surface area contributed by atoms with Crippen molar-refractivity contribution in [2.75, 3.05) is 12.5 Å². The maximum absolute atomic E-state index is 4.61. The monoisotopic (exact) mass is 158 g/mol. The molecule has 0 heterocycles. The predicted octanol–water partition coefficient (Wildman–Crippen LogP) is 0.321. The first-order valence-electron chi connectivity index (χ1n) is 1.32. The lowest BCUT2D eigenvalue weighted by atomic mass is 11.9. The fourth-order valence-electron chi connectivity index (χ4n) is 0.0556. The minimum Gasteiger partial charge on any atom is -0.128 e. The molecule has 0 aliphatic heterocycles. The Balaban J connectivity index is 4.13. The van der Waals surface area contributed by atoms with E-state index in [2.05, 4.69) is 23.7 Å². The lowest BCUT2D eigenvalue weighted by Crippen LogP contribution is -1.70. The Hall–Kier alpha value is 1.01. The van der Waals surface area contributed by atoms with Gasteiger partial charge < -0.3 is 0 Å². The Morgan fingerprint density at radius 3 is 2.00 bits per heavy atom. The Bertz CT molecular complexity index is 110. The molecule has 0 unspecified atom stereocenters. The Labute approximate surface area is 51.0 Å². The van der Waals surface area contributed by atoms with Crippen molar-refractivity contribution >= 4 is 38.4 Å². The third-order valence-corrected chi connectivity index (χ3v) is 5.92. The van der Waals surface area contributed by atoms with Gasteiger partial charge in [-0.2, -0.15) is 0 Å². The van der Waals surface area contributed by atoms with Crippen LogP contribution in [0.3, 0.4) is 0 Å². The van der Waals surface area contributed by atoms with Crippen molar-refractivity contribution in [1.82, 2.24) is 0 Å². The summed E-state index contributed by atoms with van der Waals surface area (Å²) in [6, 6.07) is 0. The van der Waals surface area contributed by atoms with Gasteiger partial charge in [-0.1, -0.05) is 0 Å². The fraction of sp³-hybridized carbons (Fsp3) is 1.00. The normalized spacial score (nSPS) is 8.50. The van der Waals surface area contributed by atoms with Crippen molar-refractivity contribution in [3.63, 3.8) is 0 Å². The molecule has 0 aromatic heterocycles. The minimum atomic E-state index is 0.460. The van der Waals surface area contributed by atoms with Gasteiger partial charge in [-0.05, 0) is 41.5 Å². The van der Waals surface area contributed by atoms with Gasteiger partial charge in [-0.3, -0.25) is 0 Å². The van der Waals surface area contributed by atoms with Crippen molar-refractivity contribution in [3.05, 3.63) is 0 Å². The molecule has 0 spiro atoms. The summed E-state index contributed by atoms with van der Waals surface area (Å²) in [7, 11) is 3.63. The fourth-order valence-corrected chi connectivity index (χ4v) is 4.50. The summed E-state index contributed by atoms with van der Waals surface area (Å²) in [4.78, 5) is 0. The van der Waals surface area contributed by atoms with Crippen LogP contribution in [0.4, 0.5) is 0 Å². The van der Waals surface area contributed by atoms with Gasteiger partial charge in [0.25, 0.3) is 0 Å². The number of hydrogen-bond donors (Lipinski definition) is 0. The van der Waals surface area contributed by atoms with Crippen LogP contribution in [0.15, 0.2) is 0 Å². The Kier molecular flexibility index (Phi) is 4.88. The zero-order valence-electron chi connectivity index (χ0n) is 3.63. The molecule has 0 aliphatic rings. The van der Waals surface area contributed by atoms with Crippen LogP contribution in [0.25, 0.3) is 0 Å². The molecular formula is C2H6S4. The van der Waals surface area contributed by atoms with Gasteiger partial charge >= 0.3 is 0 Å². The average molecular weight is 158 g/mol. The molecule has 0 atom stereocenters. The van der Waals surface area contributed by atoms with E-state index in [1.54, 1.807) is 8.88 Å². The van der Waals surface area contributed by atoms with Gasteiger partial charge in [0, 0.05) is 0 Å². The summed E-state index contributed by atoms with van der Waals surface area (Å²) in [6.45, 7) is 0. The molecule has 0 saturated heterocycles. The van der Waals surface area contributed by atoms with Crippen LogP contribution >= 0.6 is 0 Å². The quantitative estimate of drug-likeness (QED) is 0.489. The largest absolute Gasteiger partial charge is 0.128 e. The second-order valence-corrected chi connectivity index (χ2v) is 7.90. The van der Waals surface area contributed by atoms with Crippen LogP contribution in [0.5, 0.6) is 0 Å². The molecule has 0 amide bonds. The molecule has 0 nitrogen and oxygen atoms in total. The molecule has 0 bridgehead atoms. The molecule has 38 valence electrons. The number of rotatable bonds is 0. The van der Waals surface area contributed by atoms with E-state index < -0.39 is 0 Å². The SMILES string of the molecule is CS(C)=S=S=S. The van der Waals surface area contributed by atoms with Crippen LogP contribution in [0, 0.1) is 0 Å². The molecule has 6 heavy (non-hydrogen) atoms. The van der Waals surface area contributed by atoms with E-state index in [-0.39, 0.29) is 0 Å². The molecule has 0 aromatic rings. The predicted molar refractivity (Wildman–Crippen MR) is 41.3 cm³/mol. The van der Waals surface area contributed by atoms with Crippen LogP contribution in [0.1, 0.15) is 0 Å². The lowest BCUT2D eigenvalue weighted by Gasteiger charge is -1.70. The first kappa shape index (κ1) is 7.01. The van der Waals surface area contributed by atoms with E-state index in [9.17, 15) is 0 Å². The zero-order chi connectivity index (χ0) is 4.99. The van der Waals surface area contributed by atoms with Crippen LogP contribution < -0.4 is 0 Å². The molecule has 0 N–H and O–H groups in total. The molecule has 4 heteroatoms. The van der Waals surface area contributed by atoms with E-state index in [0.29, 0.717) is 9.45 Å². The highest BCUT2D eigenvalue weighted by molar-refractivity contribution is 8.57. The highest BCUT2D eigenvalue weighted by Gasteiger charge is 1.56. The average Bonchev–Trinajstić information content (AvgIpc) is 1.35. The van der Waals surface area contributed by atoms with Crippen molar-refractivity contribution in [2.24, 2.45) is 0 Å². The van der Waals surface area contributed by atoms with Crippen molar-refractivity contribution in [3.8, 4) is 0 Å². The van der Waals surface area contributed by atoms with Crippen molar-refractivity contribution in [2.45, 2.75) is 0 Å². The maximum atomic E-state index is 4.61. The standard InChI is InChI=1S/C2H6S4/c1-6(2)5-4-3/h1-2H3. The van der Waals surface area contributed by atoms with Gasteiger partial charge in [0.1, 0.15) is 0 Å². The van der Waals surface area contributed by atoms with E-state index in [0.717, 1.165) is 0 Å². The van der Waals surface area contributed by atoms with Gasteiger partial charge in [0.15, 0.2) is 0 Å². The third kappa shape index (κ3) is 5.01. The minimum absolute atomic E-state index is 0.460. The van der Waals surface area contributed by atoms with E-state index in [1.165, 1.54) is 8.88 Å². The summed E-state index contributed by atoms with van der Waals surface area (Å²) in [5, 5.41) is 0. The van der Waals surface area contributed by atoms with E-state index in [1.807, 2.05) is 0 Å². The second-order valence-electron chi connectivity index (χ2n) is 0.878. The van der Waals surface area contributed by atoms with Crippen LogP contribution in [0.2, 0.25) is 0 Å². The molecule has 0 aromatic carbocycles. The van der Waals surface area contributed by atoms with Gasteiger partial charge in [-0.25, -0.2) is 0 Å². The second kappa shape index (κ2) is 4.18. The molecule has 0 radical (unpaired) electrons. The van der Waals surface area contributed by atoms with Crippen LogP contribution in [-0.4, -0.2) is 12.5 Å². The highest BCUT2D eigenvalue weighted by atomic mass is 33.2. The zero-order valence-corrected chi connectivity index (χ0v) is 6.90. The summed E-state index contributed by atoms with van der Waals surface area (Å²) in [5.41, 5.74) is 0. The van der Waals surface area contributed by atoms with Gasteiger partial charge in [0.05, 0.1) is 0 Å². The molecule has 0 aliphatic carbocycles. The molecular weight excluding hydrogens is 152 g/mol. The Morgan fingerprint density at radius 1 is 1.50 bits per heavy atom. The molecule has 0 rings (SSSR count). The lowest BCUT2D eigenvalue weighted by molar-refractivity contribution is 2.35. The smallest absolute Gasteiger partial charge is 0.000324 e. The van der Waals surface area contributed by atoms with Gasteiger partial charge in [-0.15, -0.1) is 9.45 Å². The summed E-state index contributed by atoms with van der Waals surface area (Å²) in [5.74, 6) is 0. The molecule has 0 fully saturated rings. The summed E-state index contributed by atoms with van der Waals surface area (Å²) < 4.78 is 0. The van der Waals surface area contributed by atoms with E-state index in [4.69, 9.17) is 0 Å². The van der Waals surface area contributed by atoms with Crippen molar-refractivity contribution < 1.29 is 0 Å². The van der Waals surface area contributed by atoms with E-state index >= 15 is 0 Å². The molecule has 0 saturated carbocycles. The first-order valence-corrected chi connectivity index (χ1v) is 6.95. The summed E-state index contributed by atoms with van der Waals surface area (Å²) in [6.07, 6.45) is 4.31. The van der Waals surface area contributed by atoms with Crippen LogP contribution in [-0.2, 0) is 38.4 Å². The Morgan fingerprint density at radius 2 is 2.00 bits per heavy atom. The van der Waals surface area contributed by atoms with Gasteiger partial charge in [0.2, 0.25) is 0 Å². The van der Waals surface area contributed by atoms with Crippen molar-refractivity contribution in [1.29, 1.82) is 0 Å².